The van der Waals surface area contributed by atoms with E-state index >= 15 is 0 Å². The van der Waals surface area contributed by atoms with Gasteiger partial charge in [-0.15, -0.1) is 0 Å². The predicted octanol–water partition coefficient (Wildman–Crippen LogP) is 6.06. The quantitative estimate of drug-likeness (QED) is 0.494. The van der Waals surface area contributed by atoms with Crippen LogP contribution in [0, 0.1) is 5.82 Å². The molecule has 0 aliphatic heterocycles. The largest absolute Gasteiger partial charge is 0.485 e. The Hall–Kier alpha value is -3.87. The van der Waals surface area contributed by atoms with E-state index in [4.69, 9.17) is 9.47 Å². The van der Waals surface area contributed by atoms with Crippen LogP contribution in [0.15, 0.2) is 60.7 Å². The Morgan fingerprint density at radius 2 is 1.58 bits per heavy atom. The number of halogens is 1. The van der Waals surface area contributed by atoms with E-state index in [0.29, 0.717) is 0 Å². The Labute approximate surface area is 191 Å². The van der Waals surface area contributed by atoms with Gasteiger partial charge in [-0.1, -0.05) is 48.5 Å². The third-order valence-corrected chi connectivity index (χ3v) is 5.30. The van der Waals surface area contributed by atoms with Crippen molar-refractivity contribution in [3.8, 4) is 16.9 Å². The second-order valence-electron chi connectivity index (χ2n) is 8.80. The minimum absolute atomic E-state index is 0.0516. The topological polar surface area (TPSA) is 84.9 Å². The van der Waals surface area contributed by atoms with E-state index in [1.807, 2.05) is 48.5 Å². The Kier molecular flexibility index (Phi) is 5.80. The summed E-state index contributed by atoms with van der Waals surface area (Å²) in [5.74, 6) is -2.48. The van der Waals surface area contributed by atoms with Crippen molar-refractivity contribution in [1.82, 2.24) is 0 Å². The summed E-state index contributed by atoms with van der Waals surface area (Å²) in [6.45, 7) is 5.21. The zero-order valence-electron chi connectivity index (χ0n) is 18.5. The molecule has 2 N–H and O–H groups in total. The minimum atomic E-state index is -1.33. The highest BCUT2D eigenvalue weighted by molar-refractivity contribution is 5.99. The summed E-state index contributed by atoms with van der Waals surface area (Å²) in [6.07, 6.45) is -0.872. The number of ether oxygens (including phenoxy) is 2. The zero-order chi connectivity index (χ0) is 23.8. The van der Waals surface area contributed by atoms with Gasteiger partial charge >= 0.3 is 12.1 Å². The molecule has 6 nitrogen and oxygen atoms in total. The van der Waals surface area contributed by atoms with Gasteiger partial charge in [0.2, 0.25) is 0 Å². The number of fused-ring (bicyclic) bond motifs is 3. The molecule has 0 fully saturated rings. The van der Waals surface area contributed by atoms with Crippen molar-refractivity contribution >= 4 is 17.7 Å². The standard InChI is InChI=1S/C26H24FNO5/c1-26(2,3)33-23-12-19(24(29)30)22(13-21(23)27)28-25(31)32-14-20-17-10-6-4-8-15(17)16-9-5-7-11-18(16)20/h4-13,20H,14H2,1-3H3,(H,28,31)(H,29,30). The molecule has 0 heterocycles. The third-order valence-electron chi connectivity index (χ3n) is 5.30. The van der Waals surface area contributed by atoms with Crippen LogP contribution in [0.4, 0.5) is 14.9 Å². The van der Waals surface area contributed by atoms with Crippen LogP contribution in [0.5, 0.6) is 5.75 Å². The highest BCUT2D eigenvalue weighted by Crippen LogP contribution is 2.44. The fraction of sp³-hybridized carbons (Fsp3) is 0.231. The molecule has 1 aliphatic rings. The molecule has 0 atom stereocenters. The number of amides is 1. The van der Waals surface area contributed by atoms with Crippen LogP contribution in [0.2, 0.25) is 0 Å². The average Bonchev–Trinajstić information content (AvgIpc) is 3.07. The van der Waals surface area contributed by atoms with Gasteiger partial charge in [0.05, 0.1) is 11.3 Å². The second-order valence-corrected chi connectivity index (χ2v) is 8.80. The molecule has 0 bridgehead atoms. The van der Waals surface area contributed by atoms with Crippen molar-refractivity contribution in [2.45, 2.75) is 32.3 Å². The third kappa shape index (κ3) is 4.67. The van der Waals surface area contributed by atoms with E-state index in [9.17, 15) is 19.1 Å². The van der Waals surface area contributed by atoms with E-state index in [2.05, 4.69) is 5.32 Å². The second kappa shape index (κ2) is 8.58. The first kappa shape index (κ1) is 22.3. The van der Waals surface area contributed by atoms with Crippen LogP contribution in [0.3, 0.4) is 0 Å². The van der Waals surface area contributed by atoms with Crippen LogP contribution in [0.1, 0.15) is 48.2 Å². The van der Waals surface area contributed by atoms with Crippen LogP contribution in [-0.2, 0) is 4.74 Å². The fourth-order valence-corrected chi connectivity index (χ4v) is 3.99. The van der Waals surface area contributed by atoms with Crippen molar-refractivity contribution in [2.24, 2.45) is 0 Å². The smallest absolute Gasteiger partial charge is 0.411 e. The van der Waals surface area contributed by atoms with E-state index in [1.165, 1.54) is 0 Å². The van der Waals surface area contributed by atoms with Gasteiger partial charge in [-0.3, -0.25) is 5.32 Å². The van der Waals surface area contributed by atoms with Crippen molar-refractivity contribution < 1.29 is 28.6 Å². The summed E-state index contributed by atoms with van der Waals surface area (Å²) in [5.41, 5.74) is 3.04. The van der Waals surface area contributed by atoms with Crippen LogP contribution in [-0.4, -0.2) is 29.4 Å². The summed E-state index contributed by atoms with van der Waals surface area (Å²) in [6, 6.07) is 17.8. The maximum absolute atomic E-state index is 14.5. The summed E-state index contributed by atoms with van der Waals surface area (Å²) < 4.78 is 25.4. The average molecular weight is 449 g/mol. The van der Waals surface area contributed by atoms with Gasteiger partial charge < -0.3 is 14.6 Å². The van der Waals surface area contributed by atoms with E-state index in [1.54, 1.807) is 20.8 Å². The Morgan fingerprint density at radius 3 is 2.12 bits per heavy atom. The van der Waals surface area contributed by atoms with Crippen molar-refractivity contribution in [2.75, 3.05) is 11.9 Å². The Balaban J connectivity index is 1.52. The molecule has 170 valence electrons. The number of hydrogen-bond donors (Lipinski definition) is 2. The summed E-state index contributed by atoms with van der Waals surface area (Å²) in [4.78, 5) is 24.2. The van der Waals surface area contributed by atoms with Gasteiger partial charge in [0, 0.05) is 12.0 Å². The van der Waals surface area contributed by atoms with Crippen molar-refractivity contribution in [1.29, 1.82) is 0 Å². The maximum Gasteiger partial charge on any atom is 0.411 e. The van der Waals surface area contributed by atoms with Gasteiger partial charge in [-0.05, 0) is 49.1 Å². The number of carbonyl (C=O) groups excluding carboxylic acids is 1. The van der Waals surface area contributed by atoms with E-state index < -0.39 is 23.5 Å². The first-order chi connectivity index (χ1) is 15.6. The number of rotatable bonds is 5. The number of benzene rings is 3. The lowest BCUT2D eigenvalue weighted by Gasteiger charge is -2.22. The Morgan fingerprint density at radius 1 is 1.00 bits per heavy atom. The van der Waals surface area contributed by atoms with Crippen LogP contribution in [0.25, 0.3) is 11.1 Å². The molecule has 3 aromatic carbocycles. The van der Waals surface area contributed by atoms with E-state index in [0.717, 1.165) is 34.4 Å². The number of hydrogen-bond acceptors (Lipinski definition) is 4. The van der Waals surface area contributed by atoms with Gasteiger partial charge in [-0.25, -0.2) is 14.0 Å². The number of carboxylic acid groups (broad SMARTS) is 1. The molecule has 33 heavy (non-hydrogen) atoms. The maximum atomic E-state index is 14.5. The molecule has 1 aliphatic carbocycles. The monoisotopic (exact) mass is 449 g/mol. The molecule has 4 rings (SSSR count). The molecule has 0 spiro atoms. The SMILES string of the molecule is CC(C)(C)Oc1cc(C(=O)O)c(NC(=O)OCC2c3ccccc3-c3ccccc32)cc1F. The Bertz CT molecular complexity index is 1190. The van der Waals surface area contributed by atoms with Gasteiger partial charge in [-0.2, -0.15) is 0 Å². The minimum Gasteiger partial charge on any atom is -0.485 e. The number of carbonyl (C=O) groups is 2. The fourth-order valence-electron chi connectivity index (χ4n) is 3.99. The number of nitrogens with one attached hydrogen (secondary N) is 1. The lowest BCUT2D eigenvalue weighted by atomic mass is 9.98. The molecular formula is C26H24FNO5. The molecule has 0 saturated heterocycles. The summed E-state index contributed by atoms with van der Waals surface area (Å²) >= 11 is 0. The zero-order valence-corrected chi connectivity index (χ0v) is 18.5. The first-order valence-corrected chi connectivity index (χ1v) is 10.5. The van der Waals surface area contributed by atoms with Gasteiger partial charge in [0.1, 0.15) is 12.2 Å². The van der Waals surface area contributed by atoms with Crippen molar-refractivity contribution in [3.05, 3.63) is 83.2 Å². The van der Waals surface area contributed by atoms with Crippen LogP contribution >= 0.6 is 0 Å². The number of carboxylic acids is 1. The molecule has 0 saturated carbocycles. The van der Waals surface area contributed by atoms with E-state index in [-0.39, 0.29) is 29.5 Å². The predicted molar refractivity (Wildman–Crippen MR) is 122 cm³/mol. The van der Waals surface area contributed by atoms with Gasteiger partial charge in [0.25, 0.3) is 0 Å². The summed E-state index contributed by atoms with van der Waals surface area (Å²) in [7, 11) is 0. The van der Waals surface area contributed by atoms with Gasteiger partial charge in [0.15, 0.2) is 11.6 Å². The highest BCUT2D eigenvalue weighted by Gasteiger charge is 2.29. The molecule has 0 radical (unpaired) electrons. The highest BCUT2D eigenvalue weighted by atomic mass is 19.1. The molecule has 0 unspecified atom stereocenters. The normalized spacial score (nSPS) is 12.6. The van der Waals surface area contributed by atoms with Crippen molar-refractivity contribution in [3.63, 3.8) is 0 Å². The number of aromatic carboxylic acids is 1. The molecule has 3 aromatic rings. The lowest BCUT2D eigenvalue weighted by Crippen LogP contribution is -2.24. The molecular weight excluding hydrogens is 425 g/mol. The summed E-state index contributed by atoms with van der Waals surface area (Å²) in [5, 5.41) is 11.9. The number of anilines is 1. The first-order valence-electron chi connectivity index (χ1n) is 10.5. The van der Waals surface area contributed by atoms with Crippen LogP contribution < -0.4 is 10.1 Å². The molecule has 1 amide bonds. The molecule has 7 heteroatoms. The molecule has 0 aromatic heterocycles. The lowest BCUT2D eigenvalue weighted by molar-refractivity contribution is 0.0695.